The summed E-state index contributed by atoms with van der Waals surface area (Å²) in [5.41, 5.74) is 0.506. The van der Waals surface area contributed by atoms with Crippen LogP contribution in [0.2, 0.25) is 0 Å². The number of halogens is 3. The number of rotatable bonds is 3. The zero-order valence-corrected chi connectivity index (χ0v) is 23.3. The van der Waals surface area contributed by atoms with Gasteiger partial charge in [0, 0.05) is 46.6 Å². The molecule has 0 heterocycles. The molecule has 5 aromatic carbocycles. The summed E-state index contributed by atoms with van der Waals surface area (Å²) in [7, 11) is 0. The van der Waals surface area contributed by atoms with Crippen molar-refractivity contribution in [2.75, 3.05) is 0 Å². The Kier molecular flexibility index (Phi) is 5.78. The van der Waals surface area contributed by atoms with Gasteiger partial charge in [0.15, 0.2) is 0 Å². The van der Waals surface area contributed by atoms with Crippen LogP contribution in [-0.4, -0.2) is 23.0 Å². The van der Waals surface area contributed by atoms with Crippen LogP contribution in [0.1, 0.15) is 52.8 Å². The summed E-state index contributed by atoms with van der Waals surface area (Å²) in [6.45, 7) is 0. The van der Waals surface area contributed by atoms with Gasteiger partial charge in [0.05, 0.1) is 5.56 Å². The second-order valence-electron chi connectivity index (χ2n) is 9.25. The molecule has 0 radical (unpaired) electrons. The molecule has 0 unspecified atom stereocenters. The molecule has 2 N–H and O–H groups in total. The van der Waals surface area contributed by atoms with E-state index in [1.54, 1.807) is 12.1 Å². The number of aromatic carboxylic acids is 1. The first-order valence-electron chi connectivity index (χ1n) is 11.6. The van der Waals surface area contributed by atoms with Crippen LogP contribution < -0.4 is 5.32 Å². The van der Waals surface area contributed by atoms with Gasteiger partial charge in [0.2, 0.25) is 0 Å². The molecule has 1 amide bonds. The van der Waals surface area contributed by atoms with Gasteiger partial charge in [-0.25, -0.2) is 4.79 Å². The van der Waals surface area contributed by atoms with E-state index in [1.807, 2.05) is 12.1 Å². The molecule has 1 aliphatic rings. The van der Waals surface area contributed by atoms with Crippen LogP contribution in [0.25, 0.3) is 43.1 Å². The van der Waals surface area contributed by atoms with E-state index in [4.69, 9.17) is 0 Å². The summed E-state index contributed by atoms with van der Waals surface area (Å²) in [5.74, 6) is -1.28. The number of fused-ring (bicyclic) bond motifs is 2. The number of benzene rings is 5. The lowest BCUT2D eigenvalue weighted by molar-refractivity contribution is 0.0699. The molecule has 0 atom stereocenters. The first-order valence-corrected chi connectivity index (χ1v) is 14.0. The van der Waals surface area contributed by atoms with Crippen LogP contribution >= 0.6 is 47.8 Å². The second kappa shape index (κ2) is 8.71. The highest BCUT2D eigenvalue weighted by Crippen LogP contribution is 2.48. The van der Waals surface area contributed by atoms with Gasteiger partial charge in [-0.15, -0.1) is 0 Å². The summed E-state index contributed by atoms with van der Waals surface area (Å²) in [4.78, 5) is 26.1. The number of carboxylic acids is 1. The first-order chi connectivity index (χ1) is 16.9. The molecular formula is C28H20Br3NO3. The lowest BCUT2D eigenvalue weighted by Crippen LogP contribution is -2.36. The number of amides is 1. The zero-order valence-electron chi connectivity index (χ0n) is 18.6. The number of hydrogen-bond acceptors (Lipinski definition) is 2. The SMILES string of the molecule is O=C(O)c1cc(Br)c2c3cccc4c(Br)ccc(c5c(Br)cc(C(=O)NC6CCCCC6)c1c25)c43. The van der Waals surface area contributed by atoms with Crippen molar-refractivity contribution in [1.29, 1.82) is 0 Å². The van der Waals surface area contributed by atoms with Gasteiger partial charge in [-0.2, -0.15) is 0 Å². The molecule has 5 aromatic rings. The maximum atomic E-state index is 13.6. The summed E-state index contributed by atoms with van der Waals surface area (Å²) >= 11 is 11.1. The van der Waals surface area contributed by atoms with E-state index in [0.29, 0.717) is 15.4 Å². The van der Waals surface area contributed by atoms with Crippen LogP contribution in [0.15, 0.2) is 55.9 Å². The minimum Gasteiger partial charge on any atom is -0.478 e. The molecule has 1 saturated carbocycles. The minimum absolute atomic E-state index is 0.117. The Morgan fingerprint density at radius 2 is 1.34 bits per heavy atom. The van der Waals surface area contributed by atoms with Gasteiger partial charge in [-0.3, -0.25) is 4.79 Å². The van der Waals surface area contributed by atoms with Crippen LogP contribution in [-0.2, 0) is 0 Å². The van der Waals surface area contributed by atoms with Crippen LogP contribution in [0.4, 0.5) is 0 Å². The minimum atomic E-state index is -1.06. The summed E-state index contributed by atoms with van der Waals surface area (Å²) < 4.78 is 2.46. The van der Waals surface area contributed by atoms with Crippen molar-refractivity contribution < 1.29 is 14.7 Å². The standard InChI is InChI=1S/C28H20Br3NO3/c29-19-10-9-16-22-14(19)7-4-8-15(22)24-21(31)12-18(28(34)35)23-17(11-20(30)25(16)26(23)24)27(33)32-13-5-2-1-3-6-13/h4,7-13H,1-3,5-6H2,(H,32,33)(H,34,35). The van der Waals surface area contributed by atoms with Gasteiger partial charge in [-0.05, 0) is 52.6 Å². The molecule has 0 spiro atoms. The van der Waals surface area contributed by atoms with Crippen LogP contribution in [0.5, 0.6) is 0 Å². The van der Waals surface area contributed by atoms with Crippen molar-refractivity contribution in [3.63, 3.8) is 0 Å². The molecule has 0 saturated heterocycles. The smallest absolute Gasteiger partial charge is 0.336 e. The van der Waals surface area contributed by atoms with Gasteiger partial charge in [-0.1, -0.05) is 91.3 Å². The molecule has 1 fully saturated rings. The number of carbonyl (C=O) groups is 2. The largest absolute Gasteiger partial charge is 0.478 e. The van der Waals surface area contributed by atoms with E-state index < -0.39 is 5.97 Å². The maximum absolute atomic E-state index is 13.6. The van der Waals surface area contributed by atoms with Crippen molar-refractivity contribution >= 4 is 103 Å². The first kappa shape index (κ1) is 23.2. The Hall–Kier alpha value is -2.22. The monoisotopic (exact) mass is 655 g/mol. The Labute approximate surface area is 226 Å². The van der Waals surface area contributed by atoms with E-state index in [1.165, 1.54) is 6.42 Å². The Morgan fingerprint density at radius 3 is 2.03 bits per heavy atom. The fourth-order valence-electron chi connectivity index (χ4n) is 5.74. The molecule has 176 valence electrons. The normalized spacial score (nSPS) is 14.9. The Bertz CT molecular complexity index is 1670. The topological polar surface area (TPSA) is 66.4 Å². The number of hydrogen-bond donors (Lipinski definition) is 2. The van der Waals surface area contributed by atoms with Gasteiger partial charge in [0.25, 0.3) is 5.91 Å². The van der Waals surface area contributed by atoms with Crippen molar-refractivity contribution in [2.24, 2.45) is 0 Å². The Morgan fingerprint density at radius 1 is 0.714 bits per heavy atom. The number of nitrogens with one attached hydrogen (secondary N) is 1. The maximum Gasteiger partial charge on any atom is 0.336 e. The lowest BCUT2D eigenvalue weighted by Gasteiger charge is -2.24. The van der Waals surface area contributed by atoms with E-state index in [9.17, 15) is 14.7 Å². The zero-order chi connectivity index (χ0) is 24.4. The number of carbonyl (C=O) groups excluding carboxylic acids is 1. The van der Waals surface area contributed by atoms with Gasteiger partial charge >= 0.3 is 5.97 Å². The predicted octanol–water partition coefficient (Wildman–Crippen LogP) is 8.79. The fourth-order valence-corrected chi connectivity index (χ4v) is 7.49. The molecule has 6 rings (SSSR count). The third-order valence-corrected chi connectivity index (χ3v) is 9.19. The van der Waals surface area contributed by atoms with Crippen molar-refractivity contribution in [3.05, 3.63) is 67.0 Å². The third kappa shape index (κ3) is 3.58. The van der Waals surface area contributed by atoms with Gasteiger partial charge in [0.1, 0.15) is 0 Å². The van der Waals surface area contributed by atoms with Crippen LogP contribution in [0, 0.1) is 0 Å². The van der Waals surface area contributed by atoms with E-state index in [0.717, 1.165) is 72.3 Å². The lowest BCUT2D eigenvalue weighted by atomic mass is 9.86. The molecule has 4 nitrogen and oxygen atoms in total. The molecule has 1 aliphatic carbocycles. The summed E-state index contributed by atoms with van der Waals surface area (Å²) in [6.07, 6.45) is 5.30. The molecule has 0 aromatic heterocycles. The van der Waals surface area contributed by atoms with Crippen molar-refractivity contribution in [2.45, 2.75) is 38.1 Å². The van der Waals surface area contributed by atoms with Crippen LogP contribution in [0.3, 0.4) is 0 Å². The van der Waals surface area contributed by atoms with E-state index in [-0.39, 0.29) is 17.5 Å². The second-order valence-corrected chi connectivity index (χ2v) is 11.8. The molecular weight excluding hydrogens is 638 g/mol. The average Bonchev–Trinajstić information content (AvgIpc) is 2.84. The van der Waals surface area contributed by atoms with Gasteiger partial charge < -0.3 is 10.4 Å². The predicted molar refractivity (Wildman–Crippen MR) is 152 cm³/mol. The number of carboxylic acid groups (broad SMARTS) is 1. The van der Waals surface area contributed by atoms with Crippen molar-refractivity contribution in [3.8, 4) is 0 Å². The van der Waals surface area contributed by atoms with Crippen molar-refractivity contribution in [1.82, 2.24) is 5.32 Å². The molecule has 7 heteroatoms. The third-order valence-electron chi connectivity index (χ3n) is 7.25. The molecule has 0 aliphatic heterocycles. The highest BCUT2D eigenvalue weighted by atomic mass is 79.9. The fraction of sp³-hybridized carbons (Fsp3) is 0.214. The summed E-state index contributed by atoms with van der Waals surface area (Å²) in [5, 5.41) is 20.7. The quantitative estimate of drug-likeness (QED) is 0.151. The Balaban J connectivity index is 1.78. The highest BCUT2D eigenvalue weighted by molar-refractivity contribution is 9.11. The van der Waals surface area contributed by atoms with E-state index in [2.05, 4.69) is 71.3 Å². The highest BCUT2D eigenvalue weighted by Gasteiger charge is 2.27. The summed E-state index contributed by atoms with van der Waals surface area (Å²) in [6, 6.07) is 13.8. The molecule has 35 heavy (non-hydrogen) atoms. The van der Waals surface area contributed by atoms with E-state index >= 15 is 0 Å². The molecule has 0 bridgehead atoms. The average molecular weight is 658 g/mol.